The highest BCUT2D eigenvalue weighted by Crippen LogP contribution is 2.22. The minimum Gasteiger partial charge on any atom is -0.360 e. The minimum atomic E-state index is -0.870. The number of rotatable bonds is 5. The molecule has 132 valence electrons. The lowest BCUT2D eigenvalue weighted by molar-refractivity contribution is 0.200. The van der Waals surface area contributed by atoms with Gasteiger partial charge in [0.1, 0.15) is 6.17 Å². The number of aromatic nitrogens is 1. The standard InChI is InChI=1S/C17H25FN4O2/c1-12-7-16(24-21-12)11-22-10-13(18)8-15(22)9-19-17(23)20-14-5-3-2-4-6-14/h3,5,7,13-15H,2,4,6,8-11H2,1H3,(H2,19,20,23)/t13-,14+,15-/m0/s1. The fourth-order valence-corrected chi connectivity index (χ4v) is 3.38. The molecule has 0 saturated carbocycles. The van der Waals surface area contributed by atoms with E-state index in [0.29, 0.717) is 26.1 Å². The van der Waals surface area contributed by atoms with Crippen LogP contribution in [0.1, 0.15) is 37.1 Å². The summed E-state index contributed by atoms with van der Waals surface area (Å²) >= 11 is 0. The number of aryl methyl sites for hydroxylation is 1. The van der Waals surface area contributed by atoms with Crippen molar-refractivity contribution < 1.29 is 13.7 Å². The predicted molar refractivity (Wildman–Crippen MR) is 88.3 cm³/mol. The number of likely N-dealkylation sites (tertiary alicyclic amines) is 1. The Labute approximate surface area is 141 Å². The van der Waals surface area contributed by atoms with Crippen LogP contribution in [0.2, 0.25) is 0 Å². The highest BCUT2D eigenvalue weighted by atomic mass is 19.1. The molecule has 0 unspecified atom stereocenters. The molecule has 1 saturated heterocycles. The second-order valence-electron chi connectivity index (χ2n) is 6.67. The molecule has 1 aromatic rings. The van der Waals surface area contributed by atoms with E-state index in [9.17, 15) is 9.18 Å². The highest BCUT2D eigenvalue weighted by molar-refractivity contribution is 5.74. The maximum absolute atomic E-state index is 13.8. The van der Waals surface area contributed by atoms with Gasteiger partial charge in [-0.2, -0.15) is 0 Å². The van der Waals surface area contributed by atoms with Gasteiger partial charge < -0.3 is 15.2 Å². The van der Waals surface area contributed by atoms with Crippen molar-refractivity contribution >= 4 is 6.03 Å². The molecule has 7 heteroatoms. The quantitative estimate of drug-likeness (QED) is 0.810. The number of alkyl halides is 1. The molecule has 0 aromatic carbocycles. The predicted octanol–water partition coefficient (Wildman–Crippen LogP) is 2.30. The van der Waals surface area contributed by atoms with E-state index in [-0.39, 0.29) is 18.1 Å². The third-order valence-corrected chi connectivity index (χ3v) is 4.58. The van der Waals surface area contributed by atoms with Gasteiger partial charge in [-0.1, -0.05) is 17.3 Å². The number of nitrogens with zero attached hydrogens (tertiary/aromatic N) is 2. The van der Waals surface area contributed by atoms with E-state index in [1.165, 1.54) is 0 Å². The number of carbonyl (C=O) groups is 1. The summed E-state index contributed by atoms with van der Waals surface area (Å²) in [5.74, 6) is 0.725. The first kappa shape index (κ1) is 17.0. The average Bonchev–Trinajstić information content (AvgIpc) is 3.12. The van der Waals surface area contributed by atoms with E-state index in [1.807, 2.05) is 24.0 Å². The molecule has 3 atom stereocenters. The Morgan fingerprint density at radius 2 is 2.42 bits per heavy atom. The van der Waals surface area contributed by atoms with Crippen LogP contribution in [0.5, 0.6) is 0 Å². The molecular weight excluding hydrogens is 311 g/mol. The summed E-state index contributed by atoms with van der Waals surface area (Å²) in [5, 5.41) is 9.68. The zero-order valence-corrected chi connectivity index (χ0v) is 14.0. The lowest BCUT2D eigenvalue weighted by atomic mass is 10.0. The molecule has 1 aromatic heterocycles. The molecule has 1 aliphatic heterocycles. The van der Waals surface area contributed by atoms with Gasteiger partial charge in [0.25, 0.3) is 0 Å². The summed E-state index contributed by atoms with van der Waals surface area (Å²) in [4.78, 5) is 14.0. The maximum Gasteiger partial charge on any atom is 0.315 e. The topological polar surface area (TPSA) is 70.4 Å². The van der Waals surface area contributed by atoms with E-state index in [4.69, 9.17) is 4.52 Å². The Hall–Kier alpha value is -1.89. The van der Waals surface area contributed by atoms with E-state index in [1.54, 1.807) is 0 Å². The Bertz CT molecular complexity index is 589. The van der Waals surface area contributed by atoms with Crippen molar-refractivity contribution in [1.82, 2.24) is 20.7 Å². The van der Waals surface area contributed by atoms with Crippen molar-refractivity contribution in [2.24, 2.45) is 0 Å². The molecule has 0 bridgehead atoms. The summed E-state index contributed by atoms with van der Waals surface area (Å²) < 4.78 is 19.0. The summed E-state index contributed by atoms with van der Waals surface area (Å²) in [6.45, 7) is 3.16. The Morgan fingerprint density at radius 1 is 1.54 bits per heavy atom. The molecule has 1 aliphatic carbocycles. The third kappa shape index (κ3) is 4.56. The third-order valence-electron chi connectivity index (χ3n) is 4.58. The Kier molecular flexibility index (Phi) is 5.50. The number of halogens is 1. The lowest BCUT2D eigenvalue weighted by Gasteiger charge is -2.24. The van der Waals surface area contributed by atoms with Crippen LogP contribution in [0.4, 0.5) is 9.18 Å². The summed E-state index contributed by atoms with van der Waals surface area (Å²) in [5.41, 5.74) is 0.815. The van der Waals surface area contributed by atoms with Gasteiger partial charge in [0.2, 0.25) is 0 Å². The number of nitrogens with one attached hydrogen (secondary N) is 2. The van der Waals surface area contributed by atoms with Gasteiger partial charge >= 0.3 is 6.03 Å². The first-order valence-corrected chi connectivity index (χ1v) is 8.61. The maximum atomic E-state index is 13.8. The first-order valence-electron chi connectivity index (χ1n) is 8.61. The fraction of sp³-hybridized carbons (Fsp3) is 0.647. The minimum absolute atomic E-state index is 0.0296. The monoisotopic (exact) mass is 336 g/mol. The van der Waals surface area contributed by atoms with Crippen LogP contribution in [0, 0.1) is 6.92 Å². The number of amides is 2. The van der Waals surface area contributed by atoms with Gasteiger partial charge in [0, 0.05) is 31.2 Å². The van der Waals surface area contributed by atoms with Crippen LogP contribution in [0.15, 0.2) is 22.7 Å². The van der Waals surface area contributed by atoms with Crippen LogP contribution < -0.4 is 10.6 Å². The van der Waals surface area contributed by atoms with Gasteiger partial charge in [0.15, 0.2) is 5.76 Å². The second-order valence-corrected chi connectivity index (χ2v) is 6.67. The molecule has 24 heavy (non-hydrogen) atoms. The highest BCUT2D eigenvalue weighted by Gasteiger charge is 2.33. The molecule has 2 amide bonds. The zero-order valence-electron chi connectivity index (χ0n) is 14.0. The number of carbonyl (C=O) groups excluding carboxylic acids is 1. The summed E-state index contributed by atoms with van der Waals surface area (Å²) in [7, 11) is 0. The van der Waals surface area contributed by atoms with Gasteiger partial charge in [0.05, 0.1) is 12.2 Å². The molecule has 6 nitrogen and oxygen atoms in total. The SMILES string of the molecule is Cc1cc(CN2C[C@@H](F)C[C@H]2CNC(=O)N[C@@H]2C=CCCC2)on1. The first-order chi connectivity index (χ1) is 11.6. The van der Waals surface area contributed by atoms with Crippen molar-refractivity contribution in [3.63, 3.8) is 0 Å². The van der Waals surface area contributed by atoms with Crippen LogP contribution in [-0.4, -0.2) is 47.4 Å². The molecule has 2 heterocycles. The number of hydrogen-bond donors (Lipinski definition) is 2. The fourth-order valence-electron chi connectivity index (χ4n) is 3.38. The second kappa shape index (κ2) is 7.79. The van der Waals surface area contributed by atoms with Gasteiger partial charge in [-0.25, -0.2) is 9.18 Å². The molecular formula is C17H25FN4O2. The molecule has 3 rings (SSSR count). The van der Waals surface area contributed by atoms with E-state index in [2.05, 4.69) is 21.9 Å². The average molecular weight is 336 g/mol. The Morgan fingerprint density at radius 3 is 3.12 bits per heavy atom. The molecule has 2 N–H and O–H groups in total. The number of urea groups is 1. The van der Waals surface area contributed by atoms with Crippen LogP contribution in [0.3, 0.4) is 0 Å². The van der Waals surface area contributed by atoms with Crippen molar-refractivity contribution in [3.8, 4) is 0 Å². The number of hydrogen-bond acceptors (Lipinski definition) is 4. The van der Waals surface area contributed by atoms with Crippen LogP contribution >= 0.6 is 0 Å². The summed E-state index contributed by atoms with van der Waals surface area (Å²) in [6, 6.07) is 1.74. The smallest absolute Gasteiger partial charge is 0.315 e. The zero-order chi connectivity index (χ0) is 16.9. The van der Waals surface area contributed by atoms with Crippen molar-refractivity contribution in [3.05, 3.63) is 29.7 Å². The molecule has 1 fully saturated rings. The summed E-state index contributed by atoms with van der Waals surface area (Å²) in [6.07, 6.45) is 6.83. The normalized spacial score (nSPS) is 27.3. The van der Waals surface area contributed by atoms with Crippen molar-refractivity contribution in [2.45, 2.75) is 57.4 Å². The molecule has 2 aliphatic rings. The Balaban J connectivity index is 1.48. The van der Waals surface area contributed by atoms with E-state index < -0.39 is 6.17 Å². The van der Waals surface area contributed by atoms with E-state index >= 15 is 0 Å². The number of allylic oxidation sites excluding steroid dienone is 1. The van der Waals surface area contributed by atoms with Crippen molar-refractivity contribution in [2.75, 3.05) is 13.1 Å². The molecule has 0 radical (unpaired) electrons. The van der Waals surface area contributed by atoms with Crippen LogP contribution in [0.25, 0.3) is 0 Å². The van der Waals surface area contributed by atoms with Crippen LogP contribution in [-0.2, 0) is 6.54 Å². The van der Waals surface area contributed by atoms with Gasteiger partial charge in [-0.3, -0.25) is 4.90 Å². The van der Waals surface area contributed by atoms with Crippen molar-refractivity contribution in [1.29, 1.82) is 0 Å². The largest absolute Gasteiger partial charge is 0.360 e. The molecule has 0 spiro atoms. The lowest BCUT2D eigenvalue weighted by Crippen LogP contribution is -2.46. The van der Waals surface area contributed by atoms with E-state index in [0.717, 1.165) is 30.7 Å². The van der Waals surface area contributed by atoms with Gasteiger partial charge in [-0.15, -0.1) is 0 Å². The van der Waals surface area contributed by atoms with Gasteiger partial charge in [-0.05, 0) is 32.6 Å².